The number of hydrogen-bond donors (Lipinski definition) is 1. The molecular weight excluding hydrogens is 260 g/mol. The Bertz CT molecular complexity index is 795. The fourth-order valence-electron chi connectivity index (χ4n) is 1.88. The zero-order valence-electron chi connectivity index (χ0n) is 10.5. The summed E-state index contributed by atoms with van der Waals surface area (Å²) < 4.78 is 10.8. The van der Waals surface area contributed by atoms with Crippen LogP contribution < -0.4 is 4.74 Å². The van der Waals surface area contributed by atoms with Gasteiger partial charge in [0.2, 0.25) is 11.5 Å². The van der Waals surface area contributed by atoms with E-state index in [9.17, 15) is 4.79 Å². The number of hydrogen-bond acceptors (Lipinski definition) is 5. The Labute approximate surface area is 113 Å². The van der Waals surface area contributed by atoms with Crippen LogP contribution in [0.25, 0.3) is 11.0 Å². The molecule has 3 aromatic rings. The molecule has 2 aromatic heterocycles. The Hall–Kier alpha value is -2.89. The minimum atomic E-state index is -1.10. The van der Waals surface area contributed by atoms with E-state index in [1.54, 1.807) is 12.1 Å². The molecule has 0 amide bonds. The summed E-state index contributed by atoms with van der Waals surface area (Å²) in [5, 5.41) is 13.8. The lowest BCUT2D eigenvalue weighted by Gasteiger charge is -2.06. The lowest BCUT2D eigenvalue weighted by Crippen LogP contribution is -2.01. The molecule has 20 heavy (non-hydrogen) atoms. The third kappa shape index (κ3) is 1.97. The maximum Gasteiger partial charge on any atom is 0.341 e. The molecule has 0 atom stereocenters. The number of fused-ring (bicyclic) bond motifs is 1. The van der Waals surface area contributed by atoms with Gasteiger partial charge in [0, 0.05) is 11.6 Å². The summed E-state index contributed by atoms with van der Waals surface area (Å²) in [6.45, 7) is 1.82. The molecule has 0 unspecified atom stereocenters. The smallest absolute Gasteiger partial charge is 0.341 e. The van der Waals surface area contributed by atoms with Crippen LogP contribution >= 0.6 is 0 Å². The highest BCUT2D eigenvalue weighted by atomic mass is 16.5. The van der Waals surface area contributed by atoms with Gasteiger partial charge in [-0.05, 0) is 31.2 Å². The van der Waals surface area contributed by atoms with Gasteiger partial charge in [-0.1, -0.05) is 11.2 Å². The second-order valence-electron chi connectivity index (χ2n) is 4.16. The Morgan fingerprint density at radius 1 is 1.30 bits per heavy atom. The van der Waals surface area contributed by atoms with Crippen molar-refractivity contribution < 1.29 is 19.2 Å². The molecule has 100 valence electrons. The van der Waals surface area contributed by atoms with E-state index >= 15 is 0 Å². The third-order valence-corrected chi connectivity index (χ3v) is 2.85. The molecule has 0 aliphatic rings. The number of carboxylic acid groups (broad SMARTS) is 1. The maximum atomic E-state index is 11.1. The van der Waals surface area contributed by atoms with Gasteiger partial charge in [0.15, 0.2) is 5.75 Å². The highest BCUT2D eigenvalue weighted by Gasteiger charge is 2.16. The minimum Gasteiger partial charge on any atom is -0.477 e. The Morgan fingerprint density at radius 2 is 2.15 bits per heavy atom. The highest BCUT2D eigenvalue weighted by molar-refractivity contribution is 5.90. The predicted octanol–water partition coefficient (Wildman–Crippen LogP) is 3.02. The summed E-state index contributed by atoms with van der Waals surface area (Å²) in [5.74, 6) is -0.708. The van der Waals surface area contributed by atoms with Crippen LogP contribution in [0.5, 0.6) is 11.6 Å². The van der Waals surface area contributed by atoms with E-state index in [-0.39, 0.29) is 11.4 Å². The molecule has 0 saturated heterocycles. The molecule has 1 aromatic carbocycles. The predicted molar refractivity (Wildman–Crippen MR) is 70.0 cm³/mol. The highest BCUT2D eigenvalue weighted by Crippen LogP contribution is 2.31. The first-order valence-corrected chi connectivity index (χ1v) is 5.88. The first kappa shape index (κ1) is 12.2. The molecule has 0 saturated carbocycles. The molecule has 6 nitrogen and oxygen atoms in total. The average molecular weight is 270 g/mol. The molecule has 0 aliphatic carbocycles. The van der Waals surface area contributed by atoms with Crippen molar-refractivity contribution in [2.75, 3.05) is 0 Å². The van der Waals surface area contributed by atoms with Crippen molar-refractivity contribution >= 4 is 16.9 Å². The van der Waals surface area contributed by atoms with Crippen molar-refractivity contribution in [2.24, 2.45) is 0 Å². The van der Waals surface area contributed by atoms with Gasteiger partial charge >= 0.3 is 5.97 Å². The third-order valence-electron chi connectivity index (χ3n) is 2.85. The van der Waals surface area contributed by atoms with E-state index < -0.39 is 5.97 Å². The van der Waals surface area contributed by atoms with Gasteiger partial charge in [0.05, 0.1) is 5.69 Å². The lowest BCUT2D eigenvalue weighted by molar-refractivity contribution is 0.0693. The molecule has 1 N–H and O–H groups in total. The Morgan fingerprint density at radius 3 is 2.95 bits per heavy atom. The molecule has 0 bridgehead atoms. The number of para-hydroxylation sites is 1. The zero-order valence-corrected chi connectivity index (χ0v) is 10.5. The summed E-state index contributed by atoms with van der Waals surface area (Å²) in [5.41, 5.74) is 1.19. The number of carbonyl (C=O) groups is 1. The summed E-state index contributed by atoms with van der Waals surface area (Å²) in [6, 6.07) is 8.27. The van der Waals surface area contributed by atoms with E-state index in [1.807, 2.05) is 13.0 Å². The molecular formula is C14H10N2O4. The van der Waals surface area contributed by atoms with Gasteiger partial charge in [0.1, 0.15) is 5.56 Å². The normalized spacial score (nSPS) is 10.7. The standard InChI is InChI=1S/C14H10N2O4/c1-8-9-4-2-6-11(12(9)20-16-8)19-13-10(14(17)18)5-3-7-15-13/h2-7H,1H3,(H,17,18). The average Bonchev–Trinajstić information content (AvgIpc) is 2.82. The largest absolute Gasteiger partial charge is 0.477 e. The van der Waals surface area contributed by atoms with Crippen LogP contribution in [0.1, 0.15) is 16.1 Å². The van der Waals surface area contributed by atoms with Crippen molar-refractivity contribution in [2.45, 2.75) is 6.92 Å². The van der Waals surface area contributed by atoms with E-state index in [4.69, 9.17) is 14.4 Å². The molecule has 0 spiro atoms. The second-order valence-corrected chi connectivity index (χ2v) is 4.16. The van der Waals surface area contributed by atoms with Crippen LogP contribution in [0.2, 0.25) is 0 Å². The van der Waals surface area contributed by atoms with Crippen LogP contribution in [0.4, 0.5) is 0 Å². The number of rotatable bonds is 3. The Balaban J connectivity index is 2.08. The first-order chi connectivity index (χ1) is 9.66. The second kappa shape index (κ2) is 4.65. The van der Waals surface area contributed by atoms with Crippen LogP contribution in [0.3, 0.4) is 0 Å². The van der Waals surface area contributed by atoms with Crippen molar-refractivity contribution in [3.8, 4) is 11.6 Å². The monoisotopic (exact) mass is 270 g/mol. The molecule has 6 heteroatoms. The van der Waals surface area contributed by atoms with E-state index in [1.165, 1.54) is 18.3 Å². The van der Waals surface area contributed by atoms with Gasteiger partial charge in [-0.2, -0.15) is 0 Å². The van der Waals surface area contributed by atoms with E-state index in [0.29, 0.717) is 11.3 Å². The van der Waals surface area contributed by atoms with E-state index in [2.05, 4.69) is 10.1 Å². The minimum absolute atomic E-state index is 0.0132. The number of ether oxygens (including phenoxy) is 1. The van der Waals surface area contributed by atoms with E-state index in [0.717, 1.165) is 11.1 Å². The molecule has 0 fully saturated rings. The topological polar surface area (TPSA) is 85.5 Å². The fourth-order valence-corrected chi connectivity index (χ4v) is 1.88. The van der Waals surface area contributed by atoms with Gasteiger partial charge in [-0.25, -0.2) is 9.78 Å². The number of aromatic carboxylic acids is 1. The van der Waals surface area contributed by atoms with Crippen LogP contribution in [-0.4, -0.2) is 21.2 Å². The number of pyridine rings is 1. The quantitative estimate of drug-likeness (QED) is 0.787. The lowest BCUT2D eigenvalue weighted by atomic mass is 10.2. The van der Waals surface area contributed by atoms with Crippen LogP contribution in [0, 0.1) is 6.92 Å². The maximum absolute atomic E-state index is 11.1. The van der Waals surface area contributed by atoms with Crippen molar-refractivity contribution in [1.29, 1.82) is 0 Å². The molecule has 3 rings (SSSR count). The summed E-state index contributed by atoms with van der Waals surface area (Å²) in [6.07, 6.45) is 1.47. The van der Waals surface area contributed by atoms with Gasteiger partial charge in [-0.15, -0.1) is 0 Å². The zero-order chi connectivity index (χ0) is 14.1. The Kier molecular flexibility index (Phi) is 2.83. The van der Waals surface area contributed by atoms with Crippen molar-refractivity contribution in [3.63, 3.8) is 0 Å². The van der Waals surface area contributed by atoms with Gasteiger partial charge in [0.25, 0.3) is 0 Å². The van der Waals surface area contributed by atoms with Gasteiger partial charge in [-0.3, -0.25) is 0 Å². The summed E-state index contributed by atoms with van der Waals surface area (Å²) in [7, 11) is 0. The number of carboxylic acids is 1. The SMILES string of the molecule is Cc1noc2c(Oc3ncccc3C(=O)O)cccc12. The van der Waals surface area contributed by atoms with Crippen LogP contribution in [0.15, 0.2) is 41.1 Å². The first-order valence-electron chi connectivity index (χ1n) is 5.88. The fraction of sp³-hybridized carbons (Fsp3) is 0.0714. The summed E-state index contributed by atoms with van der Waals surface area (Å²) in [4.78, 5) is 15.1. The summed E-state index contributed by atoms with van der Waals surface area (Å²) >= 11 is 0. The number of aromatic nitrogens is 2. The van der Waals surface area contributed by atoms with Gasteiger partial charge < -0.3 is 14.4 Å². The molecule has 0 radical (unpaired) electrons. The van der Waals surface area contributed by atoms with Crippen molar-refractivity contribution in [1.82, 2.24) is 10.1 Å². The number of nitrogens with zero attached hydrogens (tertiary/aromatic N) is 2. The van der Waals surface area contributed by atoms with Crippen molar-refractivity contribution in [3.05, 3.63) is 47.8 Å². The van der Waals surface area contributed by atoms with Crippen LogP contribution in [-0.2, 0) is 0 Å². The molecule has 2 heterocycles. The molecule has 0 aliphatic heterocycles. The number of benzene rings is 1. The number of aryl methyl sites for hydroxylation is 1.